The molecule has 3 aromatic carbocycles. The SMILES string of the molecule is CC(C)CN(C[C@@H](OP(=O)(O)O)[C@H](Cc1ccccc1)NC(=O)O[C@H]1CCOC1)S(=O)(=O)C1C=CC(N)=CC1.CC(C)CN(C[C@@H](OP(=O)(O)O)[C@H](Cc1ccccc1)NC(=O)O[C@H]1CCOC1)S(=O)(=O)c1ccc([N+](=O)[O-])cc1. The highest BCUT2D eigenvalue weighted by Gasteiger charge is 2.40. The van der Waals surface area contributed by atoms with Gasteiger partial charge < -0.3 is 54.9 Å². The standard InChI is InChI=1S/C25H34N3O11PS.C25H38N3O9PS/c1-18(2)15-27(41(35,36)22-10-8-20(9-11-22)28(30)31)16-24(39-40(32,33)34)23(14-19-6-4-3-5-7-19)26-25(29)38-21-12-13-37-17-21;1-18(2)15-28(39(33,34)22-10-8-20(26)9-11-22)16-24(37-38(30,31)32)23(14-19-6-4-3-5-7-19)27-25(29)36-21-12-13-35-17-21/h3-11,18,21,23-24H,12-17H2,1-2H3,(H,26,29)(H2,32,33,34);3-10,18,21-24H,11-17,26H2,1-2H3,(H,27,29)(H2,30,31,32)/t21-,23-,24+;21-,22?,23-,24+/m00/s1. The number of nitrogens with zero attached hydrogens (tertiary/aromatic N) is 3. The van der Waals surface area contributed by atoms with Gasteiger partial charge in [0.15, 0.2) is 0 Å². The number of phosphoric ester groups is 2. The Morgan fingerprint density at radius 3 is 1.52 bits per heavy atom. The Kier molecular flexibility index (Phi) is 24.8. The number of sulfonamides is 2. The highest BCUT2D eigenvalue weighted by molar-refractivity contribution is 7.90. The molecule has 8 N–H and O–H groups in total. The first-order valence-corrected chi connectivity index (χ1v) is 31.6. The topological polar surface area (TPSA) is 373 Å². The number of carbonyl (C=O) groups is 2. The number of non-ortho nitro benzene ring substituents is 1. The molecule has 7 atom stereocenters. The summed E-state index contributed by atoms with van der Waals surface area (Å²) < 4.78 is 113. The fourth-order valence-electron chi connectivity index (χ4n) is 8.68. The van der Waals surface area contributed by atoms with Gasteiger partial charge in [-0.15, -0.1) is 0 Å². The minimum atomic E-state index is -5.19. The number of carbonyl (C=O) groups excluding carboxylic acids is 2. The summed E-state index contributed by atoms with van der Waals surface area (Å²) in [7, 11) is -18.6. The molecule has 2 amide bonds. The number of rotatable bonds is 27. The molecule has 2 saturated heterocycles. The normalized spacial score (nSPS) is 19.4. The largest absolute Gasteiger partial charge is 0.469 e. The summed E-state index contributed by atoms with van der Waals surface area (Å²) in [5.41, 5.74) is 7.33. The number of hydrogen-bond donors (Lipinski definition) is 7. The van der Waals surface area contributed by atoms with Crippen LogP contribution in [0.25, 0.3) is 0 Å². The van der Waals surface area contributed by atoms with Gasteiger partial charge in [0.2, 0.25) is 20.0 Å². The molecule has 2 fully saturated rings. The van der Waals surface area contributed by atoms with Crippen molar-refractivity contribution in [2.45, 2.75) is 106 Å². The van der Waals surface area contributed by atoms with Crippen LogP contribution in [0.4, 0.5) is 15.3 Å². The molecule has 2 heterocycles. The average Bonchev–Trinajstić information content (AvgIpc) is 4.10. The fourth-order valence-corrected chi connectivity index (χ4v) is 13.3. The third-order valence-corrected chi connectivity index (χ3v) is 17.5. The Morgan fingerprint density at radius 2 is 1.15 bits per heavy atom. The van der Waals surface area contributed by atoms with Crippen molar-refractivity contribution < 1.29 is 88.0 Å². The minimum absolute atomic E-state index is 0.0227. The van der Waals surface area contributed by atoms with E-state index in [-0.39, 0.29) is 68.0 Å². The van der Waals surface area contributed by atoms with Gasteiger partial charge in [0.05, 0.1) is 53.6 Å². The smallest absolute Gasteiger partial charge is 0.444 e. The number of amides is 2. The van der Waals surface area contributed by atoms with Crippen LogP contribution in [0.5, 0.6) is 0 Å². The summed E-state index contributed by atoms with van der Waals surface area (Å²) in [6.45, 7) is 7.48. The van der Waals surface area contributed by atoms with Gasteiger partial charge in [-0.1, -0.05) is 101 Å². The molecular formula is C50H72N6O20P2S2. The molecule has 444 valence electrons. The Balaban J connectivity index is 0.000000294. The number of nitro groups is 1. The average molecular weight is 1200 g/mol. The number of nitro benzene ring substituents is 1. The first kappa shape index (κ1) is 65.6. The molecule has 1 aliphatic carbocycles. The van der Waals surface area contributed by atoms with Gasteiger partial charge in [0, 0.05) is 56.9 Å². The second-order valence-corrected chi connectivity index (χ2v) is 26.5. The quantitative estimate of drug-likeness (QED) is 0.0303. The number of alkyl carbamates (subject to hydrolysis) is 2. The summed E-state index contributed by atoms with van der Waals surface area (Å²) in [4.78, 5) is 74.8. The van der Waals surface area contributed by atoms with Crippen LogP contribution in [0.1, 0.15) is 58.1 Å². The van der Waals surface area contributed by atoms with Gasteiger partial charge in [-0.2, -0.15) is 8.61 Å². The molecule has 0 aromatic heterocycles. The molecule has 0 bridgehead atoms. The molecule has 0 radical (unpaired) electrons. The van der Waals surface area contributed by atoms with Crippen molar-refractivity contribution in [3.8, 4) is 0 Å². The van der Waals surface area contributed by atoms with E-state index in [9.17, 15) is 65.2 Å². The Labute approximate surface area is 465 Å². The number of benzene rings is 3. The van der Waals surface area contributed by atoms with E-state index in [1.54, 1.807) is 80.6 Å². The molecule has 3 aliphatic rings. The maximum absolute atomic E-state index is 13.7. The maximum atomic E-state index is 13.7. The van der Waals surface area contributed by atoms with Gasteiger partial charge in [0.25, 0.3) is 5.69 Å². The van der Waals surface area contributed by atoms with Gasteiger partial charge >= 0.3 is 27.8 Å². The molecular weight excluding hydrogens is 1130 g/mol. The van der Waals surface area contributed by atoms with Crippen molar-refractivity contribution in [1.82, 2.24) is 19.2 Å². The summed E-state index contributed by atoms with van der Waals surface area (Å²) in [6, 6.07) is 19.7. The zero-order valence-corrected chi connectivity index (χ0v) is 48.1. The van der Waals surface area contributed by atoms with Crippen molar-refractivity contribution in [2.75, 3.05) is 52.6 Å². The van der Waals surface area contributed by atoms with Gasteiger partial charge in [-0.3, -0.25) is 19.2 Å². The lowest BCUT2D eigenvalue weighted by Gasteiger charge is -2.34. The summed E-state index contributed by atoms with van der Waals surface area (Å²) >= 11 is 0. The molecule has 6 rings (SSSR count). The number of hydrogen-bond acceptors (Lipinski definition) is 17. The number of nitrogens with two attached hydrogens (primary N) is 1. The fraction of sp³-hybridized carbons (Fsp3) is 0.520. The van der Waals surface area contributed by atoms with Crippen LogP contribution in [0.3, 0.4) is 0 Å². The van der Waals surface area contributed by atoms with E-state index in [1.807, 2.05) is 13.8 Å². The van der Waals surface area contributed by atoms with Crippen LogP contribution in [-0.2, 0) is 70.0 Å². The molecule has 80 heavy (non-hydrogen) atoms. The van der Waals surface area contributed by atoms with E-state index < -0.39 is 108 Å². The minimum Gasteiger partial charge on any atom is -0.444 e. The first-order valence-electron chi connectivity index (χ1n) is 25.6. The van der Waals surface area contributed by atoms with Crippen molar-refractivity contribution in [3.63, 3.8) is 0 Å². The monoisotopic (exact) mass is 1200 g/mol. The highest BCUT2D eigenvalue weighted by atomic mass is 32.2. The summed E-state index contributed by atoms with van der Waals surface area (Å²) in [5.74, 6) is -0.345. The lowest BCUT2D eigenvalue weighted by atomic mass is 10.0. The Morgan fingerprint density at radius 1 is 0.713 bits per heavy atom. The lowest BCUT2D eigenvalue weighted by Crippen LogP contribution is -2.53. The van der Waals surface area contributed by atoms with E-state index in [1.165, 1.54) is 12.2 Å². The van der Waals surface area contributed by atoms with E-state index >= 15 is 0 Å². The van der Waals surface area contributed by atoms with Crippen LogP contribution >= 0.6 is 15.6 Å². The molecule has 3 aromatic rings. The zero-order chi connectivity index (χ0) is 58.8. The highest BCUT2D eigenvalue weighted by Crippen LogP contribution is 2.41. The van der Waals surface area contributed by atoms with E-state index in [4.69, 9.17) is 33.7 Å². The van der Waals surface area contributed by atoms with Crippen molar-refractivity contribution >= 4 is 53.6 Å². The first-order chi connectivity index (χ1) is 37.6. The predicted molar refractivity (Wildman–Crippen MR) is 291 cm³/mol. The molecule has 30 heteroatoms. The van der Waals surface area contributed by atoms with Crippen LogP contribution in [0, 0.1) is 22.0 Å². The second-order valence-electron chi connectivity index (χ2n) is 20.0. The zero-order valence-electron chi connectivity index (χ0n) is 44.7. The summed E-state index contributed by atoms with van der Waals surface area (Å²) in [6.07, 6.45) is 0.296. The molecule has 1 unspecified atom stereocenters. The van der Waals surface area contributed by atoms with Gasteiger partial charge in [-0.05, 0) is 60.4 Å². The van der Waals surface area contributed by atoms with Gasteiger partial charge in [0.1, 0.15) is 24.4 Å². The molecule has 2 aliphatic heterocycles. The van der Waals surface area contributed by atoms with Crippen molar-refractivity contribution in [3.05, 3.63) is 130 Å². The molecule has 0 spiro atoms. The van der Waals surface area contributed by atoms with Crippen LogP contribution in [-0.4, -0.2) is 156 Å². The van der Waals surface area contributed by atoms with Crippen LogP contribution in [0.15, 0.2) is 114 Å². The Bertz CT molecular complexity index is 2870. The van der Waals surface area contributed by atoms with Crippen molar-refractivity contribution in [2.24, 2.45) is 17.6 Å². The molecule has 26 nitrogen and oxygen atoms in total. The lowest BCUT2D eigenvalue weighted by molar-refractivity contribution is -0.384. The molecule has 0 saturated carbocycles. The Hall–Kier alpha value is -5.16. The predicted octanol–water partition coefficient (Wildman–Crippen LogP) is 4.90. The van der Waals surface area contributed by atoms with Crippen LogP contribution < -0.4 is 16.4 Å². The van der Waals surface area contributed by atoms with Gasteiger partial charge in [-0.25, -0.2) is 35.6 Å². The third-order valence-electron chi connectivity index (χ3n) is 12.4. The summed E-state index contributed by atoms with van der Waals surface area (Å²) in [5, 5.41) is 15.4. The third kappa shape index (κ3) is 22.0. The van der Waals surface area contributed by atoms with Crippen LogP contribution in [0.2, 0.25) is 0 Å². The second kappa shape index (κ2) is 30.2. The number of allylic oxidation sites excluding steroid dienone is 2. The number of nitrogens with one attached hydrogen (secondary N) is 2. The van der Waals surface area contributed by atoms with E-state index in [0.717, 1.165) is 38.4 Å². The van der Waals surface area contributed by atoms with E-state index in [2.05, 4.69) is 10.6 Å². The van der Waals surface area contributed by atoms with E-state index in [0.29, 0.717) is 37.3 Å². The number of ether oxygens (including phenoxy) is 4. The maximum Gasteiger partial charge on any atom is 0.469 e. The number of phosphoric acid groups is 2. The van der Waals surface area contributed by atoms with Crippen molar-refractivity contribution in [1.29, 1.82) is 0 Å².